The molecule has 1 aromatic carbocycles. The normalized spacial score (nSPS) is 21.7. The van der Waals surface area contributed by atoms with Gasteiger partial charge in [-0.15, -0.1) is 0 Å². The average Bonchev–Trinajstić information content (AvgIpc) is 3.36. The summed E-state index contributed by atoms with van der Waals surface area (Å²) in [6, 6.07) is 3.32. The molecular formula is C20H26ClN3O3. The number of carbonyl (C=O) groups is 1. The molecule has 0 saturated carbocycles. The highest BCUT2D eigenvalue weighted by atomic mass is 35.5. The molecule has 1 amide bonds. The smallest absolute Gasteiger partial charge is 0.255 e. The lowest BCUT2D eigenvalue weighted by Gasteiger charge is -2.33. The maximum absolute atomic E-state index is 12.7. The number of furan rings is 1. The predicted octanol–water partition coefficient (Wildman–Crippen LogP) is 3.15. The third-order valence-corrected chi connectivity index (χ3v) is 6.08. The lowest BCUT2D eigenvalue weighted by Crippen LogP contribution is -2.40. The van der Waals surface area contributed by atoms with E-state index in [0.717, 1.165) is 45.7 Å². The van der Waals surface area contributed by atoms with Crippen molar-refractivity contribution < 1.29 is 13.9 Å². The lowest BCUT2D eigenvalue weighted by molar-refractivity contribution is 0.0932. The Balaban J connectivity index is 1.30. The molecule has 146 valence electrons. The third-order valence-electron chi connectivity index (χ3n) is 5.77. The number of hydrogen-bond donors (Lipinski definition) is 2. The van der Waals surface area contributed by atoms with Crippen molar-refractivity contribution in [3.05, 3.63) is 29.0 Å². The van der Waals surface area contributed by atoms with Gasteiger partial charge in [0.2, 0.25) is 0 Å². The van der Waals surface area contributed by atoms with Crippen LogP contribution in [0.5, 0.6) is 0 Å². The molecule has 7 heteroatoms. The second-order valence-corrected chi connectivity index (χ2v) is 8.07. The number of fused-ring (bicyclic) bond motifs is 1. The number of nitrogens with two attached hydrogens (primary N) is 1. The minimum absolute atomic E-state index is 0.164. The van der Waals surface area contributed by atoms with Crippen LogP contribution in [0.3, 0.4) is 0 Å². The molecule has 6 nitrogen and oxygen atoms in total. The molecule has 0 spiro atoms. The number of rotatable bonds is 5. The Kier molecular flexibility index (Phi) is 5.57. The first-order valence-electron chi connectivity index (χ1n) is 9.65. The van der Waals surface area contributed by atoms with E-state index < -0.39 is 0 Å². The van der Waals surface area contributed by atoms with Gasteiger partial charge in [0.25, 0.3) is 5.91 Å². The van der Waals surface area contributed by atoms with Gasteiger partial charge in [0.1, 0.15) is 5.58 Å². The molecule has 2 aliphatic heterocycles. The maximum atomic E-state index is 12.7. The van der Waals surface area contributed by atoms with E-state index in [0.29, 0.717) is 45.6 Å². The van der Waals surface area contributed by atoms with Crippen LogP contribution in [-0.2, 0) is 4.74 Å². The zero-order valence-corrected chi connectivity index (χ0v) is 16.1. The summed E-state index contributed by atoms with van der Waals surface area (Å²) in [5.74, 6) is 1.02. The summed E-state index contributed by atoms with van der Waals surface area (Å²) in [6.07, 6.45) is 4.92. The fourth-order valence-corrected chi connectivity index (χ4v) is 4.31. The number of hydrogen-bond acceptors (Lipinski definition) is 5. The van der Waals surface area contributed by atoms with Crippen molar-refractivity contribution >= 4 is 34.2 Å². The summed E-state index contributed by atoms with van der Waals surface area (Å²) in [7, 11) is 0. The number of anilines is 1. The van der Waals surface area contributed by atoms with Gasteiger partial charge in [-0.25, -0.2) is 0 Å². The number of amides is 1. The molecule has 2 aromatic rings. The summed E-state index contributed by atoms with van der Waals surface area (Å²) < 4.78 is 10.9. The molecule has 1 aromatic heterocycles. The van der Waals surface area contributed by atoms with Gasteiger partial charge in [0, 0.05) is 25.1 Å². The molecule has 3 N–H and O–H groups in total. The van der Waals surface area contributed by atoms with Crippen molar-refractivity contribution in [3.63, 3.8) is 0 Å². The standard InChI is InChI=1S/C20H26ClN3O3/c21-17-9-16(19-15(18(17)22)4-8-27-19)20(25)23-10-13-1-5-24(6-2-13)11-14-3-7-26-12-14/h4,8-9,13-14H,1-3,5-7,10-12,22H2,(H,23,25). The Morgan fingerprint density at radius 1 is 1.30 bits per heavy atom. The van der Waals surface area contributed by atoms with E-state index in [1.165, 1.54) is 12.7 Å². The number of piperidine rings is 1. The highest BCUT2D eigenvalue weighted by Gasteiger charge is 2.24. The van der Waals surface area contributed by atoms with E-state index >= 15 is 0 Å². The Morgan fingerprint density at radius 2 is 2.11 bits per heavy atom. The van der Waals surface area contributed by atoms with Crippen molar-refractivity contribution in [1.82, 2.24) is 10.2 Å². The predicted molar refractivity (Wildman–Crippen MR) is 106 cm³/mol. The van der Waals surface area contributed by atoms with Gasteiger partial charge in [-0.2, -0.15) is 0 Å². The Labute approximate surface area is 164 Å². The number of carbonyl (C=O) groups excluding carboxylic acids is 1. The number of likely N-dealkylation sites (tertiary alicyclic amines) is 1. The largest absolute Gasteiger partial charge is 0.463 e. The van der Waals surface area contributed by atoms with Gasteiger partial charge in [0.15, 0.2) is 0 Å². The first-order valence-corrected chi connectivity index (χ1v) is 10.0. The topological polar surface area (TPSA) is 80.7 Å². The zero-order chi connectivity index (χ0) is 18.8. The van der Waals surface area contributed by atoms with Gasteiger partial charge in [0.05, 0.1) is 29.1 Å². The van der Waals surface area contributed by atoms with Crippen LogP contribution in [0, 0.1) is 11.8 Å². The van der Waals surface area contributed by atoms with Crippen molar-refractivity contribution in [3.8, 4) is 0 Å². The summed E-state index contributed by atoms with van der Waals surface area (Å²) in [5.41, 5.74) is 7.33. The first kappa shape index (κ1) is 18.6. The van der Waals surface area contributed by atoms with Crippen molar-refractivity contribution in [2.24, 2.45) is 11.8 Å². The maximum Gasteiger partial charge on any atom is 0.255 e. The minimum Gasteiger partial charge on any atom is -0.463 e. The molecule has 4 rings (SSSR count). The van der Waals surface area contributed by atoms with Crippen LogP contribution in [0.25, 0.3) is 11.0 Å². The number of benzene rings is 1. The molecule has 2 saturated heterocycles. The second-order valence-electron chi connectivity index (χ2n) is 7.67. The molecule has 0 bridgehead atoms. The van der Waals surface area contributed by atoms with E-state index in [2.05, 4.69) is 10.2 Å². The number of nitrogen functional groups attached to an aromatic ring is 1. The van der Waals surface area contributed by atoms with Crippen LogP contribution >= 0.6 is 11.6 Å². The lowest BCUT2D eigenvalue weighted by atomic mass is 9.95. The monoisotopic (exact) mass is 391 g/mol. The van der Waals surface area contributed by atoms with Crippen LogP contribution in [-0.4, -0.2) is 50.2 Å². The van der Waals surface area contributed by atoms with Gasteiger partial charge in [-0.1, -0.05) is 11.6 Å². The van der Waals surface area contributed by atoms with Gasteiger partial charge < -0.3 is 25.1 Å². The zero-order valence-electron chi connectivity index (χ0n) is 15.4. The fourth-order valence-electron chi connectivity index (χ4n) is 4.10. The van der Waals surface area contributed by atoms with E-state index in [9.17, 15) is 4.79 Å². The number of nitrogens with zero attached hydrogens (tertiary/aromatic N) is 1. The van der Waals surface area contributed by atoms with E-state index in [4.69, 9.17) is 26.5 Å². The van der Waals surface area contributed by atoms with Crippen molar-refractivity contribution in [1.29, 1.82) is 0 Å². The summed E-state index contributed by atoms with van der Waals surface area (Å²) in [4.78, 5) is 15.2. The molecule has 0 aliphatic carbocycles. The van der Waals surface area contributed by atoms with E-state index in [-0.39, 0.29) is 5.91 Å². The van der Waals surface area contributed by atoms with Crippen LogP contribution in [0.4, 0.5) is 5.69 Å². The molecular weight excluding hydrogens is 366 g/mol. The van der Waals surface area contributed by atoms with Crippen molar-refractivity contribution in [2.45, 2.75) is 19.3 Å². The number of ether oxygens (including phenoxy) is 1. The van der Waals surface area contributed by atoms with E-state index in [1.807, 2.05) is 0 Å². The SMILES string of the molecule is Nc1c(Cl)cc(C(=O)NCC2CCN(CC3CCOC3)CC2)c2occc12. The quantitative estimate of drug-likeness (QED) is 0.765. The summed E-state index contributed by atoms with van der Waals surface area (Å²) in [5, 5.41) is 4.10. The number of nitrogens with one attached hydrogen (secondary N) is 1. The Hall–Kier alpha value is -1.76. The fraction of sp³-hybridized carbons (Fsp3) is 0.550. The van der Waals surface area contributed by atoms with Crippen LogP contribution in [0.1, 0.15) is 29.6 Å². The molecule has 1 atom stereocenters. The first-order chi connectivity index (χ1) is 13.1. The molecule has 27 heavy (non-hydrogen) atoms. The molecule has 2 fully saturated rings. The Morgan fingerprint density at radius 3 is 2.85 bits per heavy atom. The van der Waals surface area contributed by atoms with Gasteiger partial charge in [-0.05, 0) is 56.3 Å². The van der Waals surface area contributed by atoms with Crippen LogP contribution in [0.15, 0.2) is 22.8 Å². The summed E-state index contributed by atoms with van der Waals surface area (Å²) >= 11 is 6.17. The summed E-state index contributed by atoms with van der Waals surface area (Å²) in [6.45, 7) is 5.80. The van der Waals surface area contributed by atoms with E-state index in [1.54, 1.807) is 12.1 Å². The van der Waals surface area contributed by atoms with Gasteiger partial charge >= 0.3 is 0 Å². The molecule has 1 unspecified atom stereocenters. The Bertz CT molecular complexity index is 808. The number of halogens is 1. The highest BCUT2D eigenvalue weighted by Crippen LogP contribution is 2.32. The third kappa shape index (κ3) is 4.08. The van der Waals surface area contributed by atoms with Gasteiger partial charge in [-0.3, -0.25) is 4.79 Å². The molecule has 0 radical (unpaired) electrons. The second kappa shape index (κ2) is 8.09. The van der Waals surface area contributed by atoms with Crippen LogP contribution < -0.4 is 11.1 Å². The minimum atomic E-state index is -0.164. The highest BCUT2D eigenvalue weighted by molar-refractivity contribution is 6.35. The molecule has 2 aliphatic rings. The van der Waals surface area contributed by atoms with Crippen molar-refractivity contribution in [2.75, 3.05) is 45.1 Å². The molecule has 3 heterocycles. The average molecular weight is 392 g/mol. The van der Waals surface area contributed by atoms with Crippen LogP contribution in [0.2, 0.25) is 5.02 Å².